The van der Waals surface area contributed by atoms with Gasteiger partial charge in [0.25, 0.3) is 0 Å². The topological polar surface area (TPSA) is 56.4 Å². The Labute approximate surface area is 186 Å². The fraction of sp³-hybridized carbons (Fsp3) is 0.185. The van der Waals surface area contributed by atoms with Crippen LogP contribution in [-0.4, -0.2) is 39.2 Å². The molecule has 3 heterocycles. The predicted octanol–water partition coefficient (Wildman–Crippen LogP) is 4.05. The number of fused-ring (bicyclic) bond motifs is 4. The zero-order valence-corrected chi connectivity index (χ0v) is 17.6. The number of carbonyl (C=O) groups excluding carboxylic acids is 2. The summed E-state index contributed by atoms with van der Waals surface area (Å²) in [6, 6.07) is 27.3. The van der Waals surface area contributed by atoms with Crippen molar-refractivity contribution < 1.29 is 9.59 Å². The van der Waals surface area contributed by atoms with Gasteiger partial charge in [0.2, 0.25) is 11.8 Å². The highest BCUT2D eigenvalue weighted by atomic mass is 16.2. The van der Waals surface area contributed by atoms with Crippen LogP contribution in [0.15, 0.2) is 84.9 Å². The summed E-state index contributed by atoms with van der Waals surface area (Å²) in [7, 11) is 0. The number of aromatic amines is 1. The van der Waals surface area contributed by atoms with Crippen LogP contribution in [0.4, 0.5) is 0 Å². The van der Waals surface area contributed by atoms with Crippen LogP contribution >= 0.6 is 0 Å². The summed E-state index contributed by atoms with van der Waals surface area (Å²) in [6.45, 7) is 0.551. The van der Waals surface area contributed by atoms with Crippen LogP contribution in [0.1, 0.15) is 28.4 Å². The predicted molar refractivity (Wildman–Crippen MR) is 123 cm³/mol. The van der Waals surface area contributed by atoms with Crippen LogP contribution in [0, 0.1) is 0 Å². The van der Waals surface area contributed by atoms with E-state index in [1.807, 2.05) is 77.7 Å². The first-order valence-corrected chi connectivity index (χ1v) is 11.0. The summed E-state index contributed by atoms with van der Waals surface area (Å²) in [5, 5.41) is 1.13. The average molecular weight is 422 g/mol. The molecule has 158 valence electrons. The van der Waals surface area contributed by atoms with E-state index in [9.17, 15) is 9.59 Å². The molecule has 0 saturated carbocycles. The highest BCUT2D eigenvalue weighted by molar-refractivity contribution is 5.97. The summed E-state index contributed by atoms with van der Waals surface area (Å²) >= 11 is 0. The quantitative estimate of drug-likeness (QED) is 0.543. The molecule has 2 aliphatic rings. The molecule has 6 rings (SSSR count). The summed E-state index contributed by atoms with van der Waals surface area (Å²) in [6.07, 6.45) is 0.526. The standard InChI is InChI=1S/C27H23N3O2/c31-24-17-29(16-18-9-3-1-4-10-18)27(32)23-15-21-20-13-7-8-14-22(20)28-25(21)26(30(23)24)19-11-5-2-6-12-19/h1-14,23,26,28H,15-17H2/t23-,26?/m0/s1. The van der Waals surface area contributed by atoms with E-state index in [4.69, 9.17) is 0 Å². The lowest BCUT2D eigenvalue weighted by atomic mass is 9.86. The van der Waals surface area contributed by atoms with Crippen LogP contribution in [0.3, 0.4) is 0 Å². The molecule has 3 aromatic carbocycles. The third-order valence-corrected chi connectivity index (χ3v) is 6.67. The number of aromatic nitrogens is 1. The molecule has 1 fully saturated rings. The fourth-order valence-corrected chi connectivity index (χ4v) is 5.24. The molecular weight excluding hydrogens is 398 g/mol. The molecule has 0 spiro atoms. The summed E-state index contributed by atoms with van der Waals surface area (Å²) in [4.78, 5) is 34.3. The molecule has 5 heteroatoms. The minimum Gasteiger partial charge on any atom is -0.356 e. The van der Waals surface area contributed by atoms with Crippen molar-refractivity contribution in [1.82, 2.24) is 14.8 Å². The SMILES string of the molecule is O=C1[C@@H]2Cc3c([nH]c4ccccc34)C(c3ccccc3)N2C(=O)CN1Cc1ccccc1. The maximum Gasteiger partial charge on any atom is 0.246 e. The van der Waals surface area contributed by atoms with Gasteiger partial charge in [0.05, 0.1) is 6.04 Å². The van der Waals surface area contributed by atoms with Crippen molar-refractivity contribution in [3.8, 4) is 0 Å². The van der Waals surface area contributed by atoms with Gasteiger partial charge in [-0.05, 0) is 22.8 Å². The van der Waals surface area contributed by atoms with Crippen LogP contribution < -0.4 is 0 Å². The van der Waals surface area contributed by atoms with Gasteiger partial charge < -0.3 is 14.8 Å². The van der Waals surface area contributed by atoms with Crippen molar-refractivity contribution in [1.29, 1.82) is 0 Å². The highest BCUT2D eigenvalue weighted by Gasteiger charge is 2.48. The zero-order valence-electron chi connectivity index (χ0n) is 17.6. The smallest absolute Gasteiger partial charge is 0.246 e. The van der Waals surface area contributed by atoms with Gasteiger partial charge in [0.15, 0.2) is 0 Å². The molecule has 2 aliphatic heterocycles. The Hall–Kier alpha value is -3.86. The first-order valence-electron chi connectivity index (χ1n) is 11.0. The van der Waals surface area contributed by atoms with Crippen molar-refractivity contribution in [2.75, 3.05) is 6.54 Å². The van der Waals surface area contributed by atoms with Crippen LogP contribution in [0.5, 0.6) is 0 Å². The summed E-state index contributed by atoms with van der Waals surface area (Å²) in [5.41, 5.74) is 5.25. The fourth-order valence-electron chi connectivity index (χ4n) is 5.24. The maximum absolute atomic E-state index is 13.7. The first kappa shape index (κ1) is 18.9. The molecule has 0 aliphatic carbocycles. The summed E-state index contributed by atoms with van der Waals surface area (Å²) in [5.74, 6) is 0.00834. The van der Waals surface area contributed by atoms with E-state index in [1.54, 1.807) is 4.90 Å². The van der Waals surface area contributed by atoms with Crippen molar-refractivity contribution in [3.05, 3.63) is 107 Å². The molecule has 0 radical (unpaired) electrons. The second-order valence-electron chi connectivity index (χ2n) is 8.58. The molecule has 2 atom stereocenters. The number of carbonyl (C=O) groups is 2. The Bertz CT molecular complexity index is 1310. The van der Waals surface area contributed by atoms with Gasteiger partial charge in [-0.1, -0.05) is 78.9 Å². The molecule has 2 amide bonds. The Morgan fingerprint density at radius 3 is 2.31 bits per heavy atom. The highest BCUT2D eigenvalue weighted by Crippen LogP contribution is 2.42. The molecule has 32 heavy (non-hydrogen) atoms. The van der Waals surface area contributed by atoms with Crippen LogP contribution in [-0.2, 0) is 22.6 Å². The van der Waals surface area contributed by atoms with E-state index in [-0.39, 0.29) is 24.4 Å². The molecule has 1 unspecified atom stereocenters. The van der Waals surface area contributed by atoms with E-state index < -0.39 is 6.04 Å². The van der Waals surface area contributed by atoms with Crippen LogP contribution in [0.2, 0.25) is 0 Å². The average Bonchev–Trinajstić information content (AvgIpc) is 3.21. The number of piperazine rings is 1. The molecule has 5 nitrogen and oxygen atoms in total. The Morgan fingerprint density at radius 1 is 0.844 bits per heavy atom. The molecule has 1 N–H and O–H groups in total. The molecule has 0 bridgehead atoms. The third-order valence-electron chi connectivity index (χ3n) is 6.67. The lowest BCUT2D eigenvalue weighted by molar-refractivity contribution is -0.159. The number of hydrogen-bond donors (Lipinski definition) is 1. The second-order valence-corrected chi connectivity index (χ2v) is 8.58. The van der Waals surface area contributed by atoms with Gasteiger partial charge in [-0.15, -0.1) is 0 Å². The number of nitrogens with zero attached hydrogens (tertiary/aromatic N) is 2. The maximum atomic E-state index is 13.7. The van der Waals surface area contributed by atoms with E-state index in [0.717, 1.165) is 33.3 Å². The van der Waals surface area contributed by atoms with Crippen LogP contribution in [0.25, 0.3) is 10.9 Å². The van der Waals surface area contributed by atoms with Crippen molar-refractivity contribution in [3.63, 3.8) is 0 Å². The molecule has 1 aromatic heterocycles. The number of nitrogens with one attached hydrogen (secondary N) is 1. The van der Waals surface area contributed by atoms with Crippen molar-refractivity contribution >= 4 is 22.7 Å². The van der Waals surface area contributed by atoms with Crippen molar-refractivity contribution in [2.24, 2.45) is 0 Å². The number of hydrogen-bond acceptors (Lipinski definition) is 2. The van der Waals surface area contributed by atoms with Gasteiger partial charge in [-0.2, -0.15) is 0 Å². The lowest BCUT2D eigenvalue weighted by Gasteiger charge is -2.47. The third kappa shape index (κ3) is 2.93. The van der Waals surface area contributed by atoms with Gasteiger partial charge in [-0.3, -0.25) is 9.59 Å². The molecule has 4 aromatic rings. The van der Waals surface area contributed by atoms with Gasteiger partial charge in [0, 0.05) is 29.6 Å². The Balaban J connectivity index is 1.46. The van der Waals surface area contributed by atoms with E-state index in [0.29, 0.717) is 13.0 Å². The lowest BCUT2D eigenvalue weighted by Crippen LogP contribution is -2.62. The number of amides is 2. The largest absolute Gasteiger partial charge is 0.356 e. The van der Waals surface area contributed by atoms with Gasteiger partial charge >= 0.3 is 0 Å². The Kier molecular flexibility index (Phi) is 4.35. The molecule has 1 saturated heterocycles. The normalized spacial score (nSPS) is 20.4. The molecular formula is C27H23N3O2. The second kappa shape index (κ2) is 7.38. The number of rotatable bonds is 3. The van der Waals surface area contributed by atoms with E-state index in [1.165, 1.54) is 0 Å². The zero-order chi connectivity index (χ0) is 21.7. The first-order chi connectivity index (χ1) is 15.7. The minimum atomic E-state index is -0.503. The van der Waals surface area contributed by atoms with E-state index >= 15 is 0 Å². The number of para-hydroxylation sites is 1. The van der Waals surface area contributed by atoms with Crippen molar-refractivity contribution in [2.45, 2.75) is 25.0 Å². The Morgan fingerprint density at radius 2 is 1.53 bits per heavy atom. The van der Waals surface area contributed by atoms with E-state index in [2.05, 4.69) is 17.1 Å². The monoisotopic (exact) mass is 421 g/mol. The number of H-pyrrole nitrogens is 1. The van der Waals surface area contributed by atoms with Gasteiger partial charge in [0.1, 0.15) is 12.6 Å². The summed E-state index contributed by atoms with van der Waals surface area (Å²) < 4.78 is 0. The van der Waals surface area contributed by atoms with Gasteiger partial charge in [-0.25, -0.2) is 0 Å². The number of benzene rings is 3. The minimum absolute atomic E-state index is 0.0105.